The van der Waals surface area contributed by atoms with Gasteiger partial charge in [0.25, 0.3) is 0 Å². The van der Waals surface area contributed by atoms with E-state index in [-0.39, 0.29) is 0 Å². The van der Waals surface area contributed by atoms with Gasteiger partial charge >= 0.3 is 6.00 Å². The summed E-state index contributed by atoms with van der Waals surface area (Å²) in [6.45, 7) is 3.73. The van der Waals surface area contributed by atoms with Crippen molar-refractivity contribution >= 4 is 39.2 Å². The molecule has 0 N–H and O–H groups in total. The summed E-state index contributed by atoms with van der Waals surface area (Å²) in [6.07, 6.45) is 4.32. The van der Waals surface area contributed by atoms with Crippen LogP contribution in [-0.2, 0) is 0 Å². The smallest absolute Gasteiger partial charge is 0.126 e. The zero-order valence-corrected chi connectivity index (χ0v) is 9.14. The Morgan fingerprint density at radius 1 is 1.00 bits per heavy atom. The van der Waals surface area contributed by atoms with Gasteiger partial charge in [-0.15, -0.1) is 33.2 Å². The van der Waals surface area contributed by atoms with Gasteiger partial charge in [0.2, 0.25) is 0 Å². The van der Waals surface area contributed by atoms with Crippen LogP contribution in [0.5, 0.6) is 0 Å². The average molecular weight is 219 g/mol. The summed E-state index contributed by atoms with van der Waals surface area (Å²) in [5.41, 5.74) is 0. The Morgan fingerprint density at radius 2 is 1.60 bits per heavy atom. The van der Waals surface area contributed by atoms with Gasteiger partial charge in [-0.2, -0.15) is 0 Å². The highest BCUT2D eigenvalue weighted by atomic mass is 35.8. The van der Waals surface area contributed by atoms with Crippen molar-refractivity contribution in [2.75, 3.05) is 0 Å². The van der Waals surface area contributed by atoms with Gasteiger partial charge in [0, 0.05) is 0 Å². The van der Waals surface area contributed by atoms with E-state index in [2.05, 4.69) is 6.92 Å². The lowest BCUT2D eigenvalue weighted by atomic mass is 10.2. The van der Waals surface area contributed by atoms with Gasteiger partial charge in [-0.25, -0.2) is 0 Å². The van der Waals surface area contributed by atoms with Crippen LogP contribution in [0.25, 0.3) is 0 Å². The molecule has 0 aromatic carbocycles. The third-order valence-electron chi connectivity index (χ3n) is 1.21. The zero-order valence-electron chi connectivity index (χ0n) is 5.88. The van der Waals surface area contributed by atoms with Gasteiger partial charge in [0.05, 0.1) is 0 Å². The first-order chi connectivity index (χ1) is 4.56. The SMILES string of the molecule is [CH2]CCCCC[Si](Cl)(Cl)Cl. The predicted molar refractivity (Wildman–Crippen MR) is 51.9 cm³/mol. The van der Waals surface area contributed by atoms with Crippen LogP contribution < -0.4 is 0 Å². The van der Waals surface area contributed by atoms with Crippen molar-refractivity contribution in [1.29, 1.82) is 0 Å². The maximum absolute atomic E-state index is 5.67. The largest absolute Gasteiger partial charge is 0.341 e. The molecule has 0 saturated heterocycles. The summed E-state index contributed by atoms with van der Waals surface area (Å²) in [7, 11) is 0. The Balaban J connectivity index is 3.04. The van der Waals surface area contributed by atoms with Crippen molar-refractivity contribution in [2.24, 2.45) is 0 Å². The van der Waals surface area contributed by atoms with Crippen molar-refractivity contribution in [3.63, 3.8) is 0 Å². The molecule has 0 rings (SSSR count). The normalized spacial score (nSPS) is 12.0. The van der Waals surface area contributed by atoms with E-state index in [9.17, 15) is 0 Å². The molecule has 0 fully saturated rings. The van der Waals surface area contributed by atoms with Gasteiger partial charge in [-0.3, -0.25) is 0 Å². The molecular weight excluding hydrogens is 207 g/mol. The van der Waals surface area contributed by atoms with Crippen LogP contribution in [0.1, 0.15) is 25.7 Å². The highest BCUT2D eigenvalue weighted by Crippen LogP contribution is 2.27. The predicted octanol–water partition coefficient (Wildman–Crippen LogP) is 4.04. The van der Waals surface area contributed by atoms with Gasteiger partial charge in [-0.05, 0) is 6.04 Å². The van der Waals surface area contributed by atoms with Gasteiger partial charge in [0.15, 0.2) is 0 Å². The van der Waals surface area contributed by atoms with Gasteiger partial charge in [0.1, 0.15) is 0 Å². The van der Waals surface area contributed by atoms with Crippen molar-refractivity contribution < 1.29 is 0 Å². The molecule has 0 amide bonds. The van der Waals surface area contributed by atoms with E-state index in [0.29, 0.717) is 0 Å². The minimum absolute atomic E-state index is 0.789. The fourth-order valence-corrected chi connectivity index (χ4v) is 2.53. The second-order valence-corrected chi connectivity index (χ2v) is 11.6. The van der Waals surface area contributed by atoms with Crippen LogP contribution in [0.15, 0.2) is 0 Å². The van der Waals surface area contributed by atoms with Crippen molar-refractivity contribution in [3.05, 3.63) is 6.92 Å². The van der Waals surface area contributed by atoms with E-state index >= 15 is 0 Å². The molecule has 1 radical (unpaired) electrons. The molecule has 0 aromatic heterocycles. The summed E-state index contributed by atoms with van der Waals surface area (Å²) >= 11 is 17.0. The third-order valence-corrected chi connectivity index (χ3v) is 3.83. The van der Waals surface area contributed by atoms with Crippen LogP contribution in [0.2, 0.25) is 6.04 Å². The second-order valence-electron chi connectivity index (χ2n) is 2.28. The van der Waals surface area contributed by atoms with Crippen LogP contribution >= 0.6 is 33.2 Å². The minimum Gasteiger partial charge on any atom is -0.126 e. The highest BCUT2D eigenvalue weighted by Gasteiger charge is 2.23. The summed E-state index contributed by atoms with van der Waals surface area (Å²) in [4.78, 5) is 0. The molecule has 0 aromatic rings. The Labute approximate surface area is 78.0 Å². The first kappa shape index (κ1) is 11.1. The summed E-state index contributed by atoms with van der Waals surface area (Å²) < 4.78 is 0. The molecule has 0 atom stereocenters. The van der Waals surface area contributed by atoms with Crippen LogP contribution in [0.4, 0.5) is 0 Å². The van der Waals surface area contributed by atoms with Crippen LogP contribution in [0.3, 0.4) is 0 Å². The summed E-state index contributed by atoms with van der Waals surface area (Å²) in [5.74, 6) is 0. The van der Waals surface area contributed by atoms with Crippen molar-refractivity contribution in [2.45, 2.75) is 31.7 Å². The Hall–Kier alpha value is 1.09. The molecule has 10 heavy (non-hydrogen) atoms. The summed E-state index contributed by atoms with van der Waals surface area (Å²) in [5, 5.41) is 0. The highest BCUT2D eigenvalue weighted by molar-refractivity contribution is 7.64. The molecular formula is C6H12Cl3Si. The minimum atomic E-state index is -2.31. The van der Waals surface area contributed by atoms with Gasteiger partial charge < -0.3 is 0 Å². The zero-order chi connectivity index (χ0) is 8.04. The molecule has 0 saturated carbocycles. The number of halogens is 3. The number of rotatable bonds is 5. The van der Waals surface area contributed by atoms with E-state index in [0.717, 1.165) is 31.7 Å². The molecule has 0 aliphatic carbocycles. The van der Waals surface area contributed by atoms with Crippen LogP contribution in [0, 0.1) is 6.92 Å². The van der Waals surface area contributed by atoms with Crippen molar-refractivity contribution in [3.8, 4) is 0 Å². The first-order valence-corrected chi connectivity index (χ1v) is 8.66. The molecule has 0 spiro atoms. The third kappa shape index (κ3) is 9.09. The van der Waals surface area contributed by atoms with E-state index in [1.807, 2.05) is 0 Å². The van der Waals surface area contributed by atoms with Gasteiger partial charge in [-0.1, -0.05) is 32.6 Å². The maximum Gasteiger partial charge on any atom is 0.341 e. The lowest BCUT2D eigenvalue weighted by Gasteiger charge is -2.05. The van der Waals surface area contributed by atoms with Crippen LogP contribution in [-0.4, -0.2) is 6.00 Å². The molecule has 61 valence electrons. The van der Waals surface area contributed by atoms with E-state index in [4.69, 9.17) is 33.2 Å². The molecule has 0 aliphatic heterocycles. The summed E-state index contributed by atoms with van der Waals surface area (Å²) in [6, 6.07) is -1.52. The molecule has 0 unspecified atom stereocenters. The second kappa shape index (κ2) is 5.70. The molecule has 0 bridgehead atoms. The topological polar surface area (TPSA) is 0 Å². The molecule has 4 heteroatoms. The fraction of sp³-hybridized carbons (Fsp3) is 0.833. The Bertz CT molecular complexity index is 79.6. The quantitative estimate of drug-likeness (QED) is 0.371. The van der Waals surface area contributed by atoms with Crippen molar-refractivity contribution in [1.82, 2.24) is 0 Å². The maximum atomic E-state index is 5.67. The lowest BCUT2D eigenvalue weighted by molar-refractivity contribution is 0.725. The lowest BCUT2D eigenvalue weighted by Crippen LogP contribution is -2.07. The number of hydrogen-bond donors (Lipinski definition) is 0. The number of hydrogen-bond acceptors (Lipinski definition) is 0. The van der Waals surface area contributed by atoms with E-state index in [1.165, 1.54) is 0 Å². The Morgan fingerprint density at radius 3 is 2.00 bits per heavy atom. The monoisotopic (exact) mass is 217 g/mol. The molecule has 0 heterocycles. The van der Waals surface area contributed by atoms with E-state index in [1.54, 1.807) is 0 Å². The first-order valence-electron chi connectivity index (χ1n) is 3.42. The Kier molecular flexibility index (Phi) is 6.32. The average Bonchev–Trinajstić information content (AvgIpc) is 1.78. The molecule has 0 nitrogen and oxygen atoms in total. The van der Waals surface area contributed by atoms with E-state index < -0.39 is 6.00 Å². The number of unbranched alkanes of at least 4 members (excludes halogenated alkanes) is 3. The fourth-order valence-electron chi connectivity index (χ4n) is 0.679. The standard InChI is InChI=1S/C6H12Cl3Si/c1-2-3-4-5-6-10(7,8)9/h1-6H2. The molecule has 0 aliphatic rings.